The van der Waals surface area contributed by atoms with E-state index in [4.69, 9.17) is 26.2 Å². The first kappa shape index (κ1) is 29.5. The summed E-state index contributed by atoms with van der Waals surface area (Å²) in [6.45, 7) is 3.84. The van der Waals surface area contributed by atoms with Crippen molar-refractivity contribution >= 4 is 35.0 Å². The first-order valence-corrected chi connectivity index (χ1v) is 12.2. The molecule has 0 saturated carbocycles. The number of hydrogen-bond donors (Lipinski definition) is 2. The molecule has 1 aliphatic rings. The van der Waals surface area contributed by atoms with Gasteiger partial charge in [0.25, 0.3) is 5.91 Å². The SMILES string of the molecule is COc1ccccc1CCNC(=O)c1cnc(N2CCN(c3ccncc3)CC2)c(Cl)c1.O=C(O)C(F)(F)F. The van der Waals surface area contributed by atoms with Gasteiger partial charge in [-0.3, -0.25) is 9.78 Å². The minimum absolute atomic E-state index is 0.191. The summed E-state index contributed by atoms with van der Waals surface area (Å²) in [5, 5.41) is 10.5. The summed E-state index contributed by atoms with van der Waals surface area (Å²) < 4.78 is 37.1. The van der Waals surface area contributed by atoms with Crippen molar-refractivity contribution in [3.05, 3.63) is 77.2 Å². The number of alkyl halides is 3. The number of piperazine rings is 1. The first-order valence-electron chi connectivity index (χ1n) is 11.9. The van der Waals surface area contributed by atoms with Gasteiger partial charge in [0.05, 0.1) is 17.7 Å². The Bertz CT molecular complexity index is 1260. The fraction of sp³-hybridized carbons (Fsp3) is 0.308. The van der Waals surface area contributed by atoms with E-state index in [1.165, 1.54) is 5.69 Å². The second kappa shape index (κ2) is 13.7. The predicted molar refractivity (Wildman–Crippen MR) is 141 cm³/mol. The van der Waals surface area contributed by atoms with Crippen LogP contribution in [0.2, 0.25) is 5.02 Å². The van der Waals surface area contributed by atoms with E-state index < -0.39 is 12.1 Å². The van der Waals surface area contributed by atoms with Crippen LogP contribution in [-0.2, 0) is 11.2 Å². The van der Waals surface area contributed by atoms with Crippen LogP contribution in [0.1, 0.15) is 15.9 Å². The number of para-hydroxylation sites is 1. The molecule has 208 valence electrons. The molecule has 1 saturated heterocycles. The number of pyridine rings is 2. The molecule has 0 bridgehead atoms. The highest BCUT2D eigenvalue weighted by atomic mass is 35.5. The van der Waals surface area contributed by atoms with E-state index in [0.29, 0.717) is 29.4 Å². The average Bonchev–Trinajstić information content (AvgIpc) is 2.93. The van der Waals surface area contributed by atoms with Gasteiger partial charge in [-0.25, -0.2) is 9.78 Å². The number of amides is 1. The number of nitrogens with one attached hydrogen (secondary N) is 1. The summed E-state index contributed by atoms with van der Waals surface area (Å²) in [4.78, 5) is 34.5. The van der Waals surface area contributed by atoms with E-state index >= 15 is 0 Å². The molecule has 0 aliphatic carbocycles. The monoisotopic (exact) mass is 565 g/mol. The van der Waals surface area contributed by atoms with E-state index in [-0.39, 0.29) is 5.91 Å². The van der Waals surface area contributed by atoms with E-state index in [1.807, 2.05) is 36.4 Å². The molecule has 0 unspecified atom stereocenters. The Hall–Kier alpha value is -4.06. The van der Waals surface area contributed by atoms with Crippen LogP contribution in [0.15, 0.2) is 61.1 Å². The molecular weight excluding hydrogens is 539 g/mol. The summed E-state index contributed by atoms with van der Waals surface area (Å²) in [6, 6.07) is 13.5. The Morgan fingerprint density at radius 2 is 1.69 bits per heavy atom. The molecule has 3 heterocycles. The molecule has 2 aromatic heterocycles. The van der Waals surface area contributed by atoms with Gasteiger partial charge >= 0.3 is 12.1 Å². The second-order valence-electron chi connectivity index (χ2n) is 8.33. The van der Waals surface area contributed by atoms with Crippen LogP contribution in [-0.4, -0.2) is 73.0 Å². The third kappa shape index (κ3) is 8.47. The molecule has 4 rings (SSSR count). The van der Waals surface area contributed by atoms with Crippen molar-refractivity contribution in [2.24, 2.45) is 0 Å². The normalized spacial score (nSPS) is 13.3. The average molecular weight is 566 g/mol. The molecule has 3 aromatic rings. The highest BCUT2D eigenvalue weighted by Crippen LogP contribution is 2.26. The number of anilines is 2. The summed E-state index contributed by atoms with van der Waals surface area (Å²) in [5.74, 6) is -1.41. The molecule has 39 heavy (non-hydrogen) atoms. The van der Waals surface area contributed by atoms with Gasteiger partial charge in [0.1, 0.15) is 11.6 Å². The molecule has 9 nitrogen and oxygen atoms in total. The number of aliphatic carboxylic acids is 1. The topological polar surface area (TPSA) is 108 Å². The minimum Gasteiger partial charge on any atom is -0.496 e. The van der Waals surface area contributed by atoms with Gasteiger partial charge in [0.2, 0.25) is 0 Å². The van der Waals surface area contributed by atoms with Crippen molar-refractivity contribution in [3.8, 4) is 5.75 Å². The number of aromatic nitrogens is 2. The third-order valence-electron chi connectivity index (χ3n) is 5.81. The smallest absolute Gasteiger partial charge is 0.490 e. The molecular formula is C26H27ClF3N5O4. The number of carbonyl (C=O) groups is 2. The quantitative estimate of drug-likeness (QED) is 0.441. The van der Waals surface area contributed by atoms with Crippen molar-refractivity contribution in [1.82, 2.24) is 15.3 Å². The maximum Gasteiger partial charge on any atom is 0.490 e. The number of halogens is 4. The number of carbonyl (C=O) groups excluding carboxylic acids is 1. The van der Waals surface area contributed by atoms with Crippen molar-refractivity contribution in [2.45, 2.75) is 12.6 Å². The molecule has 0 spiro atoms. The summed E-state index contributed by atoms with van der Waals surface area (Å²) >= 11 is 6.51. The number of carboxylic acids is 1. The number of benzene rings is 1. The number of hydrogen-bond acceptors (Lipinski definition) is 7. The molecule has 0 radical (unpaired) electrons. The molecule has 13 heteroatoms. The number of nitrogens with zero attached hydrogens (tertiary/aromatic N) is 4. The standard InChI is InChI=1S/C24H26ClN5O2.C2HF3O2/c1-32-22-5-3-2-4-18(22)6-11-27-24(31)19-16-21(25)23(28-17-19)30-14-12-29(13-15-30)20-7-9-26-10-8-20;3-2(4,5)1(6)7/h2-5,7-10,16-17H,6,11-15H2,1H3,(H,27,31);(H,6,7). The Balaban J connectivity index is 0.000000532. The minimum atomic E-state index is -5.08. The zero-order valence-corrected chi connectivity index (χ0v) is 21.7. The maximum absolute atomic E-state index is 12.6. The molecule has 2 N–H and O–H groups in total. The summed E-state index contributed by atoms with van der Waals surface area (Å²) in [7, 11) is 1.64. The van der Waals surface area contributed by atoms with Gasteiger partial charge in [-0.05, 0) is 36.2 Å². The van der Waals surface area contributed by atoms with Crippen LogP contribution in [0, 0.1) is 0 Å². The van der Waals surface area contributed by atoms with Crippen LogP contribution >= 0.6 is 11.6 Å². The summed E-state index contributed by atoms with van der Waals surface area (Å²) in [6.07, 6.45) is 0.798. The van der Waals surface area contributed by atoms with Gasteiger partial charge in [-0.15, -0.1) is 0 Å². The lowest BCUT2D eigenvalue weighted by Crippen LogP contribution is -2.47. The van der Waals surface area contributed by atoms with E-state index in [9.17, 15) is 18.0 Å². The number of carboxylic acid groups (broad SMARTS) is 1. The van der Waals surface area contributed by atoms with Crippen LogP contribution in [0.3, 0.4) is 0 Å². The van der Waals surface area contributed by atoms with E-state index in [0.717, 1.165) is 37.5 Å². The highest BCUT2D eigenvalue weighted by molar-refractivity contribution is 6.33. The zero-order chi connectivity index (χ0) is 28.4. The molecule has 0 atom stereocenters. The predicted octanol–water partition coefficient (Wildman–Crippen LogP) is 4.07. The second-order valence-corrected chi connectivity index (χ2v) is 8.74. The van der Waals surface area contributed by atoms with Crippen molar-refractivity contribution in [3.63, 3.8) is 0 Å². The molecule has 1 aromatic carbocycles. The van der Waals surface area contributed by atoms with Crippen LogP contribution < -0.4 is 19.9 Å². The van der Waals surface area contributed by atoms with Gasteiger partial charge in [0, 0.05) is 57.0 Å². The summed E-state index contributed by atoms with van der Waals surface area (Å²) in [5.41, 5.74) is 2.67. The van der Waals surface area contributed by atoms with Gasteiger partial charge in [-0.1, -0.05) is 29.8 Å². The Kier molecular flexibility index (Phi) is 10.3. The fourth-order valence-electron chi connectivity index (χ4n) is 3.84. The van der Waals surface area contributed by atoms with Crippen molar-refractivity contribution in [2.75, 3.05) is 49.6 Å². The zero-order valence-electron chi connectivity index (χ0n) is 21.0. The maximum atomic E-state index is 12.6. The Morgan fingerprint density at radius 1 is 1.08 bits per heavy atom. The lowest BCUT2D eigenvalue weighted by atomic mass is 10.1. The van der Waals surface area contributed by atoms with Crippen molar-refractivity contribution < 1.29 is 32.6 Å². The lowest BCUT2D eigenvalue weighted by Gasteiger charge is -2.37. The molecule has 1 amide bonds. The van der Waals surface area contributed by atoms with E-state index in [1.54, 1.807) is 31.8 Å². The third-order valence-corrected chi connectivity index (χ3v) is 6.08. The van der Waals surface area contributed by atoms with Gasteiger partial charge in [0.15, 0.2) is 0 Å². The Morgan fingerprint density at radius 3 is 2.28 bits per heavy atom. The fourth-order valence-corrected chi connectivity index (χ4v) is 4.13. The number of rotatable bonds is 7. The molecule has 1 fully saturated rings. The lowest BCUT2D eigenvalue weighted by molar-refractivity contribution is -0.192. The van der Waals surface area contributed by atoms with E-state index in [2.05, 4.69) is 25.1 Å². The Labute approximate surface area is 228 Å². The number of methoxy groups -OCH3 is 1. The van der Waals surface area contributed by atoms with Crippen LogP contribution in [0.4, 0.5) is 24.7 Å². The van der Waals surface area contributed by atoms with Crippen LogP contribution in [0.25, 0.3) is 0 Å². The highest BCUT2D eigenvalue weighted by Gasteiger charge is 2.38. The van der Waals surface area contributed by atoms with Gasteiger partial charge in [-0.2, -0.15) is 13.2 Å². The number of ether oxygens (including phenoxy) is 1. The largest absolute Gasteiger partial charge is 0.496 e. The van der Waals surface area contributed by atoms with Gasteiger partial charge < -0.3 is 25.0 Å². The molecule has 1 aliphatic heterocycles. The first-order chi connectivity index (χ1) is 18.6. The van der Waals surface area contributed by atoms with Crippen LogP contribution in [0.5, 0.6) is 5.75 Å². The van der Waals surface area contributed by atoms with Crippen molar-refractivity contribution in [1.29, 1.82) is 0 Å².